The second-order valence-electron chi connectivity index (χ2n) is 3.36. The summed E-state index contributed by atoms with van der Waals surface area (Å²) in [4.78, 5) is 0. The van der Waals surface area contributed by atoms with Crippen molar-refractivity contribution in [3.8, 4) is 5.75 Å². The Morgan fingerprint density at radius 2 is 2.13 bits per heavy atom. The average molecular weight is 209 g/mol. The summed E-state index contributed by atoms with van der Waals surface area (Å²) < 4.78 is 10.8. The second kappa shape index (κ2) is 6.43. The van der Waals surface area contributed by atoms with Gasteiger partial charge in [0.05, 0.1) is 0 Å². The van der Waals surface area contributed by atoms with Crippen molar-refractivity contribution in [2.75, 3.05) is 19.9 Å². The Labute approximate surface area is 91.2 Å². The zero-order valence-electron chi connectivity index (χ0n) is 9.45. The fourth-order valence-corrected chi connectivity index (χ4v) is 1.46. The van der Waals surface area contributed by atoms with Crippen LogP contribution in [0.25, 0.3) is 0 Å². The normalized spacial score (nSPS) is 10.3. The standard InChI is InChI=1S/C12H19NO2/c1-3-14-9-15-12-10(2)5-4-6-11(12)7-8-13/h4-6H,3,7-9,13H2,1-2H3. The van der Waals surface area contributed by atoms with Gasteiger partial charge in [0.15, 0.2) is 6.79 Å². The van der Waals surface area contributed by atoms with Gasteiger partial charge in [0.2, 0.25) is 0 Å². The molecule has 0 saturated carbocycles. The Morgan fingerprint density at radius 3 is 2.80 bits per heavy atom. The van der Waals surface area contributed by atoms with E-state index < -0.39 is 0 Å². The van der Waals surface area contributed by atoms with E-state index in [-0.39, 0.29) is 0 Å². The summed E-state index contributed by atoms with van der Waals surface area (Å²) in [6.07, 6.45) is 0.836. The van der Waals surface area contributed by atoms with Crippen molar-refractivity contribution in [3.63, 3.8) is 0 Å². The summed E-state index contributed by atoms with van der Waals surface area (Å²) in [5.41, 5.74) is 7.82. The first kappa shape index (κ1) is 12.0. The highest BCUT2D eigenvalue weighted by Gasteiger charge is 2.05. The molecule has 3 nitrogen and oxygen atoms in total. The van der Waals surface area contributed by atoms with Gasteiger partial charge in [0.1, 0.15) is 5.75 Å². The first-order valence-electron chi connectivity index (χ1n) is 5.28. The molecule has 1 aromatic carbocycles. The summed E-state index contributed by atoms with van der Waals surface area (Å²) >= 11 is 0. The van der Waals surface area contributed by atoms with Crippen molar-refractivity contribution in [2.45, 2.75) is 20.3 Å². The average Bonchev–Trinajstić information content (AvgIpc) is 2.23. The molecule has 0 amide bonds. The number of ether oxygens (including phenoxy) is 2. The van der Waals surface area contributed by atoms with Gasteiger partial charge in [-0.25, -0.2) is 0 Å². The molecule has 0 fully saturated rings. The molecular weight excluding hydrogens is 190 g/mol. The van der Waals surface area contributed by atoms with E-state index in [9.17, 15) is 0 Å². The molecule has 0 aromatic heterocycles. The number of rotatable bonds is 6. The Hall–Kier alpha value is -1.06. The molecule has 0 aliphatic heterocycles. The lowest BCUT2D eigenvalue weighted by Gasteiger charge is -2.13. The molecule has 84 valence electrons. The van der Waals surface area contributed by atoms with Crippen molar-refractivity contribution < 1.29 is 9.47 Å². The molecule has 1 aromatic rings. The first-order valence-corrected chi connectivity index (χ1v) is 5.28. The van der Waals surface area contributed by atoms with Gasteiger partial charge in [0.25, 0.3) is 0 Å². The number of nitrogens with two attached hydrogens (primary N) is 1. The lowest BCUT2D eigenvalue weighted by molar-refractivity contribution is 0.0214. The maximum Gasteiger partial charge on any atom is 0.189 e. The maximum atomic E-state index is 5.58. The Morgan fingerprint density at radius 1 is 1.33 bits per heavy atom. The number of para-hydroxylation sites is 1. The van der Waals surface area contributed by atoms with Crippen LogP contribution in [0.2, 0.25) is 0 Å². The number of hydrogen-bond acceptors (Lipinski definition) is 3. The minimum atomic E-state index is 0.304. The smallest absolute Gasteiger partial charge is 0.189 e. The fraction of sp³-hybridized carbons (Fsp3) is 0.500. The van der Waals surface area contributed by atoms with Crippen molar-refractivity contribution in [3.05, 3.63) is 29.3 Å². The molecule has 2 N–H and O–H groups in total. The second-order valence-corrected chi connectivity index (χ2v) is 3.36. The van der Waals surface area contributed by atoms with E-state index in [0.717, 1.165) is 23.3 Å². The van der Waals surface area contributed by atoms with Crippen LogP contribution in [0.3, 0.4) is 0 Å². The third-order valence-electron chi connectivity index (χ3n) is 2.20. The third-order valence-corrected chi connectivity index (χ3v) is 2.20. The zero-order chi connectivity index (χ0) is 11.1. The van der Waals surface area contributed by atoms with Crippen LogP contribution in [0.1, 0.15) is 18.1 Å². The highest BCUT2D eigenvalue weighted by molar-refractivity contribution is 5.40. The van der Waals surface area contributed by atoms with E-state index in [0.29, 0.717) is 19.9 Å². The molecule has 0 heterocycles. The molecule has 0 atom stereocenters. The van der Waals surface area contributed by atoms with E-state index in [1.165, 1.54) is 0 Å². The Bertz CT molecular complexity index is 300. The number of hydrogen-bond donors (Lipinski definition) is 1. The van der Waals surface area contributed by atoms with Gasteiger partial charge in [-0.15, -0.1) is 0 Å². The Balaban J connectivity index is 2.72. The van der Waals surface area contributed by atoms with E-state index in [1.54, 1.807) is 0 Å². The van der Waals surface area contributed by atoms with Gasteiger partial charge in [-0.05, 0) is 37.9 Å². The van der Waals surface area contributed by atoms with Crippen LogP contribution in [0, 0.1) is 6.92 Å². The van der Waals surface area contributed by atoms with Crippen LogP contribution in [-0.4, -0.2) is 19.9 Å². The van der Waals surface area contributed by atoms with Crippen LogP contribution in [-0.2, 0) is 11.2 Å². The number of benzene rings is 1. The van der Waals surface area contributed by atoms with Crippen LogP contribution < -0.4 is 10.5 Å². The summed E-state index contributed by atoms with van der Waals surface area (Å²) in [5, 5.41) is 0. The topological polar surface area (TPSA) is 44.5 Å². The molecule has 0 bridgehead atoms. The van der Waals surface area contributed by atoms with Crippen LogP contribution >= 0.6 is 0 Å². The predicted octanol–water partition coefficient (Wildman–Crippen LogP) is 1.87. The van der Waals surface area contributed by atoms with Crippen LogP contribution in [0.15, 0.2) is 18.2 Å². The molecule has 15 heavy (non-hydrogen) atoms. The highest BCUT2D eigenvalue weighted by atomic mass is 16.7. The summed E-state index contributed by atoms with van der Waals surface area (Å²) in [7, 11) is 0. The molecule has 0 saturated heterocycles. The quantitative estimate of drug-likeness (QED) is 0.574. The maximum absolute atomic E-state index is 5.58. The van der Waals surface area contributed by atoms with Crippen LogP contribution in [0.5, 0.6) is 5.75 Å². The van der Waals surface area contributed by atoms with E-state index in [4.69, 9.17) is 15.2 Å². The molecular formula is C12H19NO2. The first-order chi connectivity index (χ1) is 7.29. The molecule has 0 radical (unpaired) electrons. The van der Waals surface area contributed by atoms with Gasteiger partial charge >= 0.3 is 0 Å². The monoisotopic (exact) mass is 209 g/mol. The lowest BCUT2D eigenvalue weighted by Crippen LogP contribution is -2.08. The van der Waals surface area contributed by atoms with Gasteiger partial charge in [-0.2, -0.15) is 0 Å². The summed E-state index contributed by atoms with van der Waals surface area (Å²) in [6.45, 7) is 5.58. The molecule has 0 aliphatic carbocycles. The highest BCUT2D eigenvalue weighted by Crippen LogP contribution is 2.23. The van der Waals surface area contributed by atoms with E-state index >= 15 is 0 Å². The largest absolute Gasteiger partial charge is 0.467 e. The number of aryl methyl sites for hydroxylation is 1. The van der Waals surface area contributed by atoms with E-state index in [2.05, 4.69) is 0 Å². The lowest BCUT2D eigenvalue weighted by atomic mass is 10.1. The minimum absolute atomic E-state index is 0.304. The van der Waals surface area contributed by atoms with E-state index in [1.807, 2.05) is 32.0 Å². The van der Waals surface area contributed by atoms with Crippen LogP contribution in [0.4, 0.5) is 0 Å². The fourth-order valence-electron chi connectivity index (χ4n) is 1.46. The Kier molecular flexibility index (Phi) is 5.15. The van der Waals surface area contributed by atoms with Crippen molar-refractivity contribution in [1.29, 1.82) is 0 Å². The van der Waals surface area contributed by atoms with Gasteiger partial charge in [0, 0.05) is 6.61 Å². The molecule has 0 spiro atoms. The summed E-state index contributed by atoms with van der Waals surface area (Å²) in [6, 6.07) is 6.09. The van der Waals surface area contributed by atoms with Crippen molar-refractivity contribution >= 4 is 0 Å². The molecule has 1 rings (SSSR count). The minimum Gasteiger partial charge on any atom is -0.467 e. The molecule has 0 unspecified atom stereocenters. The van der Waals surface area contributed by atoms with Crippen molar-refractivity contribution in [1.82, 2.24) is 0 Å². The zero-order valence-corrected chi connectivity index (χ0v) is 9.45. The van der Waals surface area contributed by atoms with Gasteiger partial charge in [-0.1, -0.05) is 18.2 Å². The summed E-state index contributed by atoms with van der Waals surface area (Å²) in [5.74, 6) is 0.913. The third kappa shape index (κ3) is 3.53. The van der Waals surface area contributed by atoms with Gasteiger partial charge < -0.3 is 15.2 Å². The molecule has 0 aliphatic rings. The van der Waals surface area contributed by atoms with Gasteiger partial charge in [-0.3, -0.25) is 0 Å². The molecule has 3 heteroatoms. The predicted molar refractivity (Wildman–Crippen MR) is 61.1 cm³/mol. The SMILES string of the molecule is CCOCOc1c(C)cccc1CCN. The van der Waals surface area contributed by atoms with Crippen molar-refractivity contribution in [2.24, 2.45) is 5.73 Å².